The van der Waals surface area contributed by atoms with Gasteiger partial charge in [0.15, 0.2) is 0 Å². The Morgan fingerprint density at radius 3 is 2.67 bits per heavy atom. The maximum absolute atomic E-state index is 13.5. The van der Waals surface area contributed by atoms with Gasteiger partial charge in [0.2, 0.25) is 0 Å². The maximum atomic E-state index is 13.5. The molecule has 0 spiro atoms. The molecule has 2 heterocycles. The summed E-state index contributed by atoms with van der Waals surface area (Å²) in [6.45, 7) is 2.69. The number of fused-ring (bicyclic) bond motifs is 1. The second kappa shape index (κ2) is 11.8. The van der Waals surface area contributed by atoms with Crippen LogP contribution in [0.15, 0.2) is 59.4 Å². The van der Waals surface area contributed by atoms with E-state index in [9.17, 15) is 14.0 Å². The molecule has 1 aliphatic rings. The van der Waals surface area contributed by atoms with Crippen LogP contribution in [0.5, 0.6) is 11.5 Å². The molecule has 0 bridgehead atoms. The number of rotatable bonds is 9. The van der Waals surface area contributed by atoms with Crippen molar-refractivity contribution in [2.45, 2.75) is 26.1 Å². The molecule has 0 saturated heterocycles. The molecular formula is C27H30FN3O5. The number of halogens is 1. The Labute approximate surface area is 208 Å². The summed E-state index contributed by atoms with van der Waals surface area (Å²) in [5.41, 5.74) is 2.42. The molecule has 4 rings (SSSR count). The topological polar surface area (TPSA) is 93.0 Å². The zero-order chi connectivity index (χ0) is 25.5. The van der Waals surface area contributed by atoms with Crippen LogP contribution in [0.4, 0.5) is 4.39 Å². The molecule has 0 unspecified atom stereocenters. The number of hydrogen-bond donors (Lipinski definition) is 2. The predicted molar refractivity (Wildman–Crippen MR) is 133 cm³/mol. The highest BCUT2D eigenvalue weighted by Crippen LogP contribution is 2.24. The zero-order valence-electron chi connectivity index (χ0n) is 20.2. The predicted octanol–water partition coefficient (Wildman–Crippen LogP) is 2.36. The second-order valence-electron chi connectivity index (χ2n) is 8.58. The number of hydrogen-bond acceptors (Lipinski definition) is 6. The lowest BCUT2D eigenvalue weighted by atomic mass is 10.1. The number of methoxy groups -OCH3 is 1. The van der Waals surface area contributed by atoms with E-state index in [1.54, 1.807) is 16.7 Å². The van der Waals surface area contributed by atoms with Gasteiger partial charge in [0, 0.05) is 50.9 Å². The lowest BCUT2D eigenvalue weighted by Crippen LogP contribution is -2.31. The number of aromatic nitrogens is 1. The summed E-state index contributed by atoms with van der Waals surface area (Å²) >= 11 is 0. The molecule has 8 nitrogen and oxygen atoms in total. The Hall–Kier alpha value is -3.69. The van der Waals surface area contributed by atoms with Gasteiger partial charge in [-0.2, -0.15) is 0 Å². The molecule has 0 saturated carbocycles. The Morgan fingerprint density at radius 2 is 1.89 bits per heavy atom. The molecule has 36 heavy (non-hydrogen) atoms. The minimum atomic E-state index is -0.373. The highest BCUT2D eigenvalue weighted by Gasteiger charge is 2.25. The number of ether oxygens (including phenoxy) is 2. The van der Waals surface area contributed by atoms with E-state index < -0.39 is 0 Å². The number of pyridine rings is 1. The smallest absolute Gasteiger partial charge is 0.257 e. The fourth-order valence-corrected chi connectivity index (χ4v) is 4.43. The van der Waals surface area contributed by atoms with E-state index in [4.69, 9.17) is 14.6 Å². The number of nitrogens with one attached hydrogen (secondary N) is 1. The highest BCUT2D eigenvalue weighted by molar-refractivity contribution is 5.98. The van der Waals surface area contributed by atoms with E-state index in [0.717, 1.165) is 5.56 Å². The molecular weight excluding hydrogens is 465 g/mol. The fourth-order valence-electron chi connectivity index (χ4n) is 4.43. The molecule has 1 aliphatic heterocycles. The molecule has 0 fully saturated rings. The molecule has 3 aromatic rings. The van der Waals surface area contributed by atoms with Crippen LogP contribution >= 0.6 is 0 Å². The van der Waals surface area contributed by atoms with Gasteiger partial charge in [-0.15, -0.1) is 0 Å². The summed E-state index contributed by atoms with van der Waals surface area (Å²) in [4.78, 5) is 28.3. The number of benzene rings is 2. The maximum Gasteiger partial charge on any atom is 0.257 e. The summed E-state index contributed by atoms with van der Waals surface area (Å²) in [5, 5.41) is 11.8. The molecule has 9 heteroatoms. The Balaban J connectivity index is 1.52. The molecule has 2 aromatic carbocycles. The number of aliphatic hydroxyl groups excluding tert-OH is 1. The standard InChI is InChI=1S/C27H30FN3O5/c1-35-24-16-25(33)31-11-10-30(18-20-5-3-7-22(15-20)36-13-12-32)9-8-23(31)26(24)27(34)29-17-19-4-2-6-21(28)14-19/h2-7,14-16,32H,8-13,17-18H2,1H3,(H,29,34). The summed E-state index contributed by atoms with van der Waals surface area (Å²) in [6.07, 6.45) is 0.482. The third-order valence-corrected chi connectivity index (χ3v) is 6.14. The van der Waals surface area contributed by atoms with Gasteiger partial charge in [-0.05, 0) is 35.4 Å². The minimum absolute atomic E-state index is 0.0506. The van der Waals surface area contributed by atoms with Crippen LogP contribution in [0.1, 0.15) is 27.2 Å². The van der Waals surface area contributed by atoms with Crippen molar-refractivity contribution in [1.82, 2.24) is 14.8 Å². The highest BCUT2D eigenvalue weighted by atomic mass is 19.1. The summed E-state index contributed by atoms with van der Waals surface area (Å²) in [7, 11) is 1.43. The van der Waals surface area contributed by atoms with Crippen LogP contribution in [0, 0.1) is 5.82 Å². The van der Waals surface area contributed by atoms with Gasteiger partial charge in [0.1, 0.15) is 29.5 Å². The monoisotopic (exact) mass is 495 g/mol. The van der Waals surface area contributed by atoms with Gasteiger partial charge < -0.3 is 24.5 Å². The van der Waals surface area contributed by atoms with Crippen LogP contribution < -0.4 is 20.3 Å². The van der Waals surface area contributed by atoms with Crippen molar-refractivity contribution in [1.29, 1.82) is 0 Å². The van der Waals surface area contributed by atoms with Crippen LogP contribution in [0.3, 0.4) is 0 Å². The molecule has 190 valence electrons. The fraction of sp³-hybridized carbons (Fsp3) is 0.333. The van der Waals surface area contributed by atoms with E-state index in [2.05, 4.69) is 10.2 Å². The van der Waals surface area contributed by atoms with Gasteiger partial charge in [0.05, 0.1) is 13.7 Å². The second-order valence-corrected chi connectivity index (χ2v) is 8.58. The summed E-state index contributed by atoms with van der Waals surface area (Å²) in [5.74, 6) is 0.176. The summed E-state index contributed by atoms with van der Waals surface area (Å²) in [6, 6.07) is 15.1. The number of amides is 1. The van der Waals surface area contributed by atoms with Crippen molar-refractivity contribution in [2.75, 3.05) is 33.4 Å². The minimum Gasteiger partial charge on any atom is -0.496 e. The van der Waals surface area contributed by atoms with E-state index in [1.165, 1.54) is 25.3 Å². The molecule has 0 radical (unpaired) electrons. The average molecular weight is 496 g/mol. The average Bonchev–Trinajstić information content (AvgIpc) is 3.09. The van der Waals surface area contributed by atoms with E-state index in [1.807, 2.05) is 24.3 Å². The largest absolute Gasteiger partial charge is 0.496 e. The van der Waals surface area contributed by atoms with Crippen LogP contribution in [0.2, 0.25) is 0 Å². The third kappa shape index (κ3) is 6.10. The van der Waals surface area contributed by atoms with E-state index in [-0.39, 0.29) is 42.8 Å². The van der Waals surface area contributed by atoms with Gasteiger partial charge in [0.25, 0.3) is 11.5 Å². The molecule has 1 amide bonds. The van der Waals surface area contributed by atoms with Crippen molar-refractivity contribution in [2.24, 2.45) is 0 Å². The van der Waals surface area contributed by atoms with Gasteiger partial charge in [-0.25, -0.2) is 4.39 Å². The van der Waals surface area contributed by atoms with Crippen LogP contribution in [0.25, 0.3) is 0 Å². The first kappa shape index (κ1) is 25.4. The van der Waals surface area contributed by atoms with Crippen molar-refractivity contribution >= 4 is 5.91 Å². The molecule has 0 aliphatic carbocycles. The van der Waals surface area contributed by atoms with Crippen molar-refractivity contribution in [3.8, 4) is 11.5 Å². The Bertz CT molecular complexity index is 1280. The van der Waals surface area contributed by atoms with Gasteiger partial charge >= 0.3 is 0 Å². The van der Waals surface area contributed by atoms with Crippen molar-refractivity contribution in [3.05, 3.63) is 93.2 Å². The Morgan fingerprint density at radius 1 is 1.08 bits per heavy atom. The van der Waals surface area contributed by atoms with E-state index in [0.29, 0.717) is 55.2 Å². The van der Waals surface area contributed by atoms with Gasteiger partial charge in [-0.3, -0.25) is 14.5 Å². The van der Waals surface area contributed by atoms with E-state index >= 15 is 0 Å². The quantitative estimate of drug-likeness (QED) is 0.474. The third-order valence-electron chi connectivity index (χ3n) is 6.14. The number of nitrogens with zero attached hydrogens (tertiary/aromatic N) is 2. The summed E-state index contributed by atoms with van der Waals surface area (Å²) < 4.78 is 26.1. The number of aliphatic hydroxyl groups is 1. The number of carbonyl (C=O) groups is 1. The first-order chi connectivity index (χ1) is 17.5. The Kier molecular flexibility index (Phi) is 8.35. The lowest BCUT2D eigenvalue weighted by Gasteiger charge is -2.19. The first-order valence-electron chi connectivity index (χ1n) is 11.9. The molecule has 0 atom stereocenters. The van der Waals surface area contributed by atoms with Crippen molar-refractivity contribution < 1.29 is 23.8 Å². The normalized spacial score (nSPS) is 13.5. The molecule has 2 N–H and O–H groups in total. The van der Waals surface area contributed by atoms with Crippen LogP contribution in [-0.4, -0.2) is 53.9 Å². The zero-order valence-corrected chi connectivity index (χ0v) is 20.2. The SMILES string of the molecule is COc1cc(=O)n2c(c1C(=O)NCc1cccc(F)c1)CCN(Cc1cccc(OCCO)c1)CC2. The van der Waals surface area contributed by atoms with Crippen LogP contribution in [-0.2, 0) is 26.1 Å². The number of carbonyl (C=O) groups excluding carboxylic acids is 1. The van der Waals surface area contributed by atoms with Crippen molar-refractivity contribution in [3.63, 3.8) is 0 Å². The van der Waals surface area contributed by atoms with Gasteiger partial charge in [-0.1, -0.05) is 24.3 Å². The molecule has 1 aromatic heterocycles. The first-order valence-corrected chi connectivity index (χ1v) is 11.9. The lowest BCUT2D eigenvalue weighted by molar-refractivity contribution is 0.0945.